The number of nitrogens with two attached hydrogens (primary N) is 1. The Bertz CT molecular complexity index is 1350. The van der Waals surface area contributed by atoms with Crippen molar-refractivity contribution in [3.05, 3.63) is 24.2 Å². The van der Waals surface area contributed by atoms with Crippen molar-refractivity contribution in [2.24, 2.45) is 34.3 Å². The molecule has 12 heteroatoms. The third-order valence-electron chi connectivity index (χ3n) is 11.4. The molecule has 11 nitrogen and oxygen atoms in total. The van der Waals surface area contributed by atoms with Gasteiger partial charge in [0, 0.05) is 29.1 Å². The number of urea groups is 1. The van der Waals surface area contributed by atoms with Gasteiger partial charge in [0.15, 0.2) is 0 Å². The SMILES string of the molecule is CC([C@@H](NC(=O)NC1(CS(=O)Cc2ccco2)CCCCC1)C(C)(C)C)N1C[C@@H]2C(C1C(=O)NC(CC1CC1)C(=O)C(N)=O)C2(C)C. The number of carbonyl (C=O) groups excluding carboxylic acids is 4. The average molecular weight is 674 g/mol. The molecule has 5 unspecified atom stereocenters. The van der Waals surface area contributed by atoms with Gasteiger partial charge in [0.1, 0.15) is 5.76 Å². The lowest BCUT2D eigenvalue weighted by atomic mass is 9.81. The zero-order valence-electron chi connectivity index (χ0n) is 28.9. The predicted octanol–water partition coefficient (Wildman–Crippen LogP) is 3.63. The van der Waals surface area contributed by atoms with E-state index in [4.69, 9.17) is 10.2 Å². The first-order chi connectivity index (χ1) is 22.0. The summed E-state index contributed by atoms with van der Waals surface area (Å²) in [5.41, 5.74) is 4.40. The molecule has 0 bridgehead atoms. The van der Waals surface area contributed by atoms with Gasteiger partial charge < -0.3 is 26.1 Å². The molecule has 2 heterocycles. The molecule has 3 saturated carbocycles. The summed E-state index contributed by atoms with van der Waals surface area (Å²) in [6.07, 6.45) is 8.48. The predicted molar refractivity (Wildman–Crippen MR) is 180 cm³/mol. The first-order valence-corrected chi connectivity index (χ1v) is 18.9. The number of Topliss-reactive ketones (excluding diaryl/α,β-unsaturated/α-hetero) is 1. The highest BCUT2D eigenvalue weighted by Crippen LogP contribution is 2.65. The standard InChI is InChI=1S/C35H55N5O6S/c1-21(40-18-24-26(34(24,5)6)27(40)31(43)37-25(17-22-12-13-22)28(41)30(36)42)29(33(2,3)4)38-32(44)39-35(14-8-7-9-15-35)20-47(45)19-23-11-10-16-46-23/h10-11,16,21-22,24-27,29H,7-9,12-15,17-20H2,1-6H3,(H2,36,42)(H,37,43)(H2,38,39,44)/t21?,24-,25?,26?,27?,29-,47?/m1/s1. The van der Waals surface area contributed by atoms with E-state index in [0.717, 1.165) is 44.9 Å². The number of nitrogens with zero attached hydrogens (tertiary/aromatic N) is 1. The van der Waals surface area contributed by atoms with Crippen LogP contribution in [0.15, 0.2) is 22.8 Å². The summed E-state index contributed by atoms with van der Waals surface area (Å²) in [5, 5.41) is 9.50. The molecule has 5 N–H and O–H groups in total. The molecule has 262 valence electrons. The van der Waals surface area contributed by atoms with Gasteiger partial charge in [-0.1, -0.05) is 66.7 Å². The van der Waals surface area contributed by atoms with E-state index in [1.54, 1.807) is 12.3 Å². The number of nitrogens with one attached hydrogen (secondary N) is 3. The van der Waals surface area contributed by atoms with Crippen molar-refractivity contribution in [2.45, 2.75) is 128 Å². The van der Waals surface area contributed by atoms with Gasteiger partial charge in [-0.15, -0.1) is 0 Å². The molecule has 47 heavy (non-hydrogen) atoms. The zero-order chi connectivity index (χ0) is 34.3. The van der Waals surface area contributed by atoms with Crippen LogP contribution in [0.4, 0.5) is 4.79 Å². The third kappa shape index (κ3) is 8.12. The van der Waals surface area contributed by atoms with Crippen LogP contribution in [0.5, 0.6) is 0 Å². The molecule has 0 spiro atoms. The topological polar surface area (TPSA) is 164 Å². The number of ketones is 1. The molecule has 5 rings (SSSR count). The fraction of sp³-hybridized carbons (Fsp3) is 0.771. The largest absolute Gasteiger partial charge is 0.468 e. The van der Waals surface area contributed by atoms with Crippen LogP contribution in [0, 0.1) is 28.6 Å². The van der Waals surface area contributed by atoms with Crippen molar-refractivity contribution in [1.82, 2.24) is 20.9 Å². The number of hydrogen-bond donors (Lipinski definition) is 4. The maximum absolute atomic E-state index is 14.0. The second kappa shape index (κ2) is 13.6. The van der Waals surface area contributed by atoms with Gasteiger partial charge in [0.05, 0.1) is 35.7 Å². The van der Waals surface area contributed by atoms with Crippen molar-refractivity contribution >= 4 is 34.4 Å². The number of rotatable bonds is 14. The summed E-state index contributed by atoms with van der Waals surface area (Å²) in [7, 11) is -1.21. The molecule has 7 atom stereocenters. The molecule has 4 aliphatic rings. The Hall–Kier alpha value is -2.73. The minimum absolute atomic E-state index is 0.0292. The maximum Gasteiger partial charge on any atom is 0.315 e. The molecule has 1 aromatic rings. The van der Waals surface area contributed by atoms with Crippen LogP contribution in [0.2, 0.25) is 0 Å². The van der Waals surface area contributed by atoms with Crippen LogP contribution in [0.25, 0.3) is 0 Å². The van der Waals surface area contributed by atoms with Crippen LogP contribution in [0.3, 0.4) is 0 Å². The Morgan fingerprint density at radius 2 is 1.79 bits per heavy atom. The molecule has 1 aliphatic heterocycles. The highest BCUT2D eigenvalue weighted by Gasteiger charge is 2.69. The number of primary amides is 1. The van der Waals surface area contributed by atoms with Gasteiger partial charge in [-0.25, -0.2) is 4.79 Å². The lowest BCUT2D eigenvalue weighted by Crippen LogP contribution is -2.64. The zero-order valence-corrected chi connectivity index (χ0v) is 29.8. The Morgan fingerprint density at radius 1 is 1.11 bits per heavy atom. The monoisotopic (exact) mass is 673 g/mol. The first kappa shape index (κ1) is 35.6. The van der Waals surface area contributed by atoms with Crippen molar-refractivity contribution in [2.75, 3.05) is 12.3 Å². The summed E-state index contributed by atoms with van der Waals surface area (Å²) in [4.78, 5) is 54.6. The van der Waals surface area contributed by atoms with Crippen LogP contribution in [-0.4, -0.2) is 74.7 Å². The summed E-state index contributed by atoms with van der Waals surface area (Å²) >= 11 is 0. The molecule has 4 amide bonds. The van der Waals surface area contributed by atoms with E-state index in [2.05, 4.69) is 62.4 Å². The van der Waals surface area contributed by atoms with Gasteiger partial charge >= 0.3 is 6.03 Å². The second-order valence-corrected chi connectivity index (χ2v) is 17.9. The highest BCUT2D eigenvalue weighted by molar-refractivity contribution is 7.84. The Balaban J connectivity index is 1.31. The Morgan fingerprint density at radius 3 is 2.36 bits per heavy atom. The lowest BCUT2D eigenvalue weighted by molar-refractivity contribution is -0.139. The van der Waals surface area contributed by atoms with E-state index in [-0.39, 0.29) is 40.8 Å². The smallest absolute Gasteiger partial charge is 0.315 e. The lowest BCUT2D eigenvalue weighted by Gasteiger charge is -2.45. The minimum Gasteiger partial charge on any atom is -0.468 e. The molecule has 0 aromatic carbocycles. The number of amides is 4. The fourth-order valence-corrected chi connectivity index (χ4v) is 10.1. The summed E-state index contributed by atoms with van der Waals surface area (Å²) < 4.78 is 18.6. The highest BCUT2D eigenvalue weighted by atomic mass is 32.2. The van der Waals surface area contributed by atoms with Crippen LogP contribution in [-0.2, 0) is 30.9 Å². The number of carbonyl (C=O) groups is 4. The van der Waals surface area contributed by atoms with Gasteiger partial charge in [-0.3, -0.25) is 23.5 Å². The van der Waals surface area contributed by atoms with E-state index in [9.17, 15) is 23.4 Å². The number of piperidine rings is 1. The molecule has 1 saturated heterocycles. The molecule has 3 aliphatic carbocycles. The number of hydrogen-bond acceptors (Lipinski definition) is 7. The number of fused-ring (bicyclic) bond motifs is 1. The van der Waals surface area contributed by atoms with Crippen molar-refractivity contribution in [1.29, 1.82) is 0 Å². The quantitative estimate of drug-likeness (QED) is 0.219. The van der Waals surface area contributed by atoms with Crippen molar-refractivity contribution in [3.8, 4) is 0 Å². The summed E-state index contributed by atoms with van der Waals surface area (Å²) in [6.45, 7) is 13.3. The van der Waals surface area contributed by atoms with E-state index in [1.807, 2.05) is 6.07 Å². The molecule has 4 fully saturated rings. The second-order valence-electron chi connectivity index (χ2n) is 16.4. The van der Waals surface area contributed by atoms with Crippen LogP contribution < -0.4 is 21.7 Å². The van der Waals surface area contributed by atoms with Gasteiger partial charge in [0.2, 0.25) is 11.7 Å². The Labute approximate surface area is 281 Å². The number of furan rings is 1. The van der Waals surface area contributed by atoms with Gasteiger partial charge in [0.25, 0.3) is 5.91 Å². The Kier molecular flexibility index (Phi) is 10.3. The minimum atomic E-state index is -1.21. The van der Waals surface area contributed by atoms with E-state index < -0.39 is 40.1 Å². The average Bonchev–Trinajstić information content (AvgIpc) is 3.70. The van der Waals surface area contributed by atoms with Crippen molar-refractivity contribution < 1.29 is 27.8 Å². The molecule has 0 radical (unpaired) electrons. The molecule has 1 aromatic heterocycles. The maximum atomic E-state index is 14.0. The van der Waals surface area contributed by atoms with Crippen molar-refractivity contribution in [3.63, 3.8) is 0 Å². The summed E-state index contributed by atoms with van der Waals surface area (Å²) in [5.74, 6) is 0.0196. The van der Waals surface area contributed by atoms with E-state index >= 15 is 0 Å². The molecular weight excluding hydrogens is 618 g/mol. The van der Waals surface area contributed by atoms with Crippen LogP contribution in [0.1, 0.15) is 98.7 Å². The van der Waals surface area contributed by atoms with Crippen LogP contribution >= 0.6 is 0 Å². The normalized spacial score (nSPS) is 27.5. The van der Waals surface area contributed by atoms with Gasteiger partial charge in [-0.05, 0) is 66.9 Å². The molecular formula is C35H55N5O6S. The third-order valence-corrected chi connectivity index (χ3v) is 12.9. The van der Waals surface area contributed by atoms with E-state index in [0.29, 0.717) is 42.1 Å². The fourth-order valence-electron chi connectivity index (χ4n) is 8.51. The number of likely N-dealkylation sites (tertiary alicyclic amines) is 1. The summed E-state index contributed by atoms with van der Waals surface area (Å²) in [6, 6.07) is 1.34. The van der Waals surface area contributed by atoms with Gasteiger partial charge in [-0.2, -0.15) is 0 Å². The van der Waals surface area contributed by atoms with E-state index in [1.165, 1.54) is 0 Å². The first-order valence-electron chi connectivity index (χ1n) is 17.4.